The molecule has 0 radical (unpaired) electrons. The van der Waals surface area contributed by atoms with Crippen molar-refractivity contribution in [1.82, 2.24) is 0 Å². The molecule has 0 bridgehead atoms. The minimum atomic E-state index is 0.148. The number of hydrogen-bond donors (Lipinski definition) is 0. The van der Waals surface area contributed by atoms with Gasteiger partial charge in [0.1, 0.15) is 0 Å². The minimum absolute atomic E-state index is 0.148. The summed E-state index contributed by atoms with van der Waals surface area (Å²) < 4.78 is 5.64. The molecule has 2 rings (SSSR count). The summed E-state index contributed by atoms with van der Waals surface area (Å²) in [5.74, 6) is 0. The molecule has 2 heterocycles. The Morgan fingerprint density at radius 3 is 2.78 bits per heavy atom. The first-order chi connectivity index (χ1) is 8.47. The molecule has 0 aliphatic carbocycles. The Morgan fingerprint density at radius 1 is 1.44 bits per heavy atom. The molecule has 18 heavy (non-hydrogen) atoms. The van der Waals surface area contributed by atoms with Crippen LogP contribution in [0.5, 0.6) is 0 Å². The number of ether oxygens (including phenoxy) is 1. The summed E-state index contributed by atoms with van der Waals surface area (Å²) in [6.07, 6.45) is 4.99. The zero-order valence-electron chi connectivity index (χ0n) is 11.5. The maximum absolute atomic E-state index is 6.50. The topological polar surface area (TPSA) is 9.23 Å². The fourth-order valence-corrected chi connectivity index (χ4v) is 3.68. The lowest BCUT2D eigenvalue weighted by molar-refractivity contribution is 0.102. The summed E-state index contributed by atoms with van der Waals surface area (Å²) in [5, 5.41) is 0.148. The van der Waals surface area contributed by atoms with E-state index in [0.717, 1.165) is 19.4 Å². The Morgan fingerprint density at radius 2 is 2.22 bits per heavy atom. The summed E-state index contributed by atoms with van der Waals surface area (Å²) in [5.41, 5.74) is 0.230. The van der Waals surface area contributed by atoms with E-state index in [0.29, 0.717) is 6.10 Å². The van der Waals surface area contributed by atoms with E-state index >= 15 is 0 Å². The highest BCUT2D eigenvalue weighted by atomic mass is 35.5. The molecule has 1 aliphatic rings. The molecule has 0 saturated carbocycles. The number of rotatable bonds is 4. The normalized spacial score (nSPS) is 22.3. The molecule has 3 heteroatoms. The molecule has 1 fully saturated rings. The van der Waals surface area contributed by atoms with E-state index in [9.17, 15) is 0 Å². The first-order valence-corrected chi connectivity index (χ1v) is 8.08. The highest BCUT2D eigenvalue weighted by molar-refractivity contribution is 7.12. The molecule has 1 saturated heterocycles. The fourth-order valence-electron chi connectivity index (χ4n) is 2.27. The van der Waals surface area contributed by atoms with Gasteiger partial charge in [-0.05, 0) is 43.2 Å². The van der Waals surface area contributed by atoms with Gasteiger partial charge in [-0.3, -0.25) is 0 Å². The average molecular weight is 287 g/mol. The van der Waals surface area contributed by atoms with Gasteiger partial charge in [0.15, 0.2) is 0 Å². The molecule has 1 nitrogen and oxygen atoms in total. The van der Waals surface area contributed by atoms with Crippen LogP contribution in [0.4, 0.5) is 0 Å². The lowest BCUT2D eigenvalue weighted by atomic mass is 9.95. The van der Waals surface area contributed by atoms with Gasteiger partial charge in [0.25, 0.3) is 0 Å². The van der Waals surface area contributed by atoms with Crippen molar-refractivity contribution < 1.29 is 4.74 Å². The monoisotopic (exact) mass is 286 g/mol. The predicted molar refractivity (Wildman–Crippen MR) is 79.8 cm³/mol. The second-order valence-electron chi connectivity index (χ2n) is 6.13. The fraction of sp³-hybridized carbons (Fsp3) is 0.733. The summed E-state index contributed by atoms with van der Waals surface area (Å²) in [4.78, 5) is 2.72. The van der Waals surface area contributed by atoms with Gasteiger partial charge < -0.3 is 4.74 Å². The van der Waals surface area contributed by atoms with E-state index in [1.165, 1.54) is 22.6 Å². The maximum Gasteiger partial charge on any atom is 0.0679 e. The molecular weight excluding hydrogens is 264 g/mol. The van der Waals surface area contributed by atoms with Crippen molar-refractivity contribution >= 4 is 22.9 Å². The Labute approximate surface area is 119 Å². The van der Waals surface area contributed by atoms with Crippen molar-refractivity contribution in [3.63, 3.8) is 0 Å². The maximum atomic E-state index is 6.50. The molecule has 0 aromatic carbocycles. The Bertz CT molecular complexity index is 374. The van der Waals surface area contributed by atoms with Crippen LogP contribution < -0.4 is 0 Å². The smallest absolute Gasteiger partial charge is 0.0679 e. The molecule has 0 N–H and O–H groups in total. The van der Waals surface area contributed by atoms with E-state index in [-0.39, 0.29) is 10.8 Å². The van der Waals surface area contributed by atoms with Crippen molar-refractivity contribution in [2.24, 2.45) is 0 Å². The van der Waals surface area contributed by atoms with Crippen LogP contribution in [0.25, 0.3) is 0 Å². The zero-order chi connectivity index (χ0) is 13.2. The number of alkyl halides is 1. The molecule has 1 aliphatic heterocycles. The van der Waals surface area contributed by atoms with Crippen molar-refractivity contribution in [1.29, 1.82) is 0 Å². The average Bonchev–Trinajstić information content (AvgIpc) is 2.96. The number of thiophene rings is 1. The van der Waals surface area contributed by atoms with Crippen LogP contribution in [0.15, 0.2) is 12.1 Å². The SMILES string of the molecule is CC(C)(C)c1ccc(C(Cl)CCC2CCCO2)s1. The van der Waals surface area contributed by atoms with Crippen LogP contribution in [-0.2, 0) is 10.2 Å². The third kappa shape index (κ3) is 3.72. The third-order valence-electron chi connectivity index (χ3n) is 3.44. The highest BCUT2D eigenvalue weighted by Gasteiger charge is 2.21. The van der Waals surface area contributed by atoms with E-state index in [1.807, 2.05) is 11.3 Å². The van der Waals surface area contributed by atoms with Crippen molar-refractivity contribution in [3.05, 3.63) is 21.9 Å². The highest BCUT2D eigenvalue weighted by Crippen LogP contribution is 2.37. The van der Waals surface area contributed by atoms with Crippen molar-refractivity contribution in [3.8, 4) is 0 Å². The molecule has 0 amide bonds. The van der Waals surface area contributed by atoms with Crippen LogP contribution in [-0.4, -0.2) is 12.7 Å². The summed E-state index contributed by atoms with van der Waals surface area (Å²) in [7, 11) is 0. The quantitative estimate of drug-likeness (QED) is 0.684. The van der Waals surface area contributed by atoms with Gasteiger partial charge >= 0.3 is 0 Å². The summed E-state index contributed by atoms with van der Waals surface area (Å²) in [6.45, 7) is 7.68. The zero-order valence-corrected chi connectivity index (χ0v) is 13.1. The first kappa shape index (κ1) is 14.4. The van der Waals surface area contributed by atoms with Crippen LogP contribution in [0.2, 0.25) is 0 Å². The second kappa shape index (κ2) is 5.94. The van der Waals surface area contributed by atoms with Crippen LogP contribution in [0, 0.1) is 0 Å². The van der Waals surface area contributed by atoms with E-state index in [4.69, 9.17) is 16.3 Å². The van der Waals surface area contributed by atoms with E-state index in [1.54, 1.807) is 0 Å². The number of hydrogen-bond acceptors (Lipinski definition) is 2. The standard InChI is InChI=1S/C15H23ClOS/c1-15(2,3)14-9-8-13(18-14)12(16)7-6-11-5-4-10-17-11/h8-9,11-12H,4-7,10H2,1-3H3. The molecule has 102 valence electrons. The van der Waals surface area contributed by atoms with Crippen molar-refractivity contribution in [2.75, 3.05) is 6.61 Å². The Balaban J connectivity index is 1.88. The lowest BCUT2D eigenvalue weighted by Gasteiger charge is -2.16. The molecule has 1 aromatic rings. The largest absolute Gasteiger partial charge is 0.378 e. The predicted octanol–water partition coefficient (Wildman–Crippen LogP) is 5.28. The van der Waals surface area contributed by atoms with Gasteiger partial charge in [-0.15, -0.1) is 22.9 Å². The molecule has 2 atom stereocenters. The van der Waals surface area contributed by atoms with Crippen LogP contribution in [0.1, 0.15) is 61.6 Å². The molecule has 1 aromatic heterocycles. The van der Waals surface area contributed by atoms with Gasteiger partial charge in [0.05, 0.1) is 11.5 Å². The molecule has 0 spiro atoms. The first-order valence-electron chi connectivity index (χ1n) is 6.82. The third-order valence-corrected chi connectivity index (χ3v) is 5.65. The Hall–Kier alpha value is -0.0500. The van der Waals surface area contributed by atoms with Gasteiger partial charge in [0.2, 0.25) is 0 Å². The lowest BCUT2D eigenvalue weighted by Crippen LogP contribution is -2.07. The molecular formula is C15H23ClOS. The second-order valence-corrected chi connectivity index (χ2v) is 7.77. The van der Waals surface area contributed by atoms with Crippen LogP contribution >= 0.6 is 22.9 Å². The van der Waals surface area contributed by atoms with Crippen molar-refractivity contribution in [2.45, 2.75) is 63.4 Å². The Kier molecular flexibility index (Phi) is 4.74. The van der Waals surface area contributed by atoms with Gasteiger partial charge in [-0.1, -0.05) is 20.8 Å². The number of halogens is 1. The van der Waals surface area contributed by atoms with Gasteiger partial charge in [-0.2, -0.15) is 0 Å². The van der Waals surface area contributed by atoms with Crippen LogP contribution in [0.3, 0.4) is 0 Å². The van der Waals surface area contributed by atoms with Gasteiger partial charge in [0, 0.05) is 16.4 Å². The van der Waals surface area contributed by atoms with E-state index in [2.05, 4.69) is 32.9 Å². The van der Waals surface area contributed by atoms with E-state index < -0.39 is 0 Å². The summed E-state index contributed by atoms with van der Waals surface area (Å²) >= 11 is 8.36. The van der Waals surface area contributed by atoms with Gasteiger partial charge in [-0.25, -0.2) is 0 Å². The molecule has 2 unspecified atom stereocenters. The summed E-state index contributed by atoms with van der Waals surface area (Å²) in [6, 6.07) is 4.42. The minimum Gasteiger partial charge on any atom is -0.378 e.